The van der Waals surface area contributed by atoms with Crippen molar-refractivity contribution in [1.82, 2.24) is 9.97 Å². The summed E-state index contributed by atoms with van der Waals surface area (Å²) in [6.07, 6.45) is 0. The molecule has 2 N–H and O–H groups in total. The fourth-order valence-electron chi connectivity index (χ4n) is 2.88. The van der Waals surface area contributed by atoms with Gasteiger partial charge in [0.05, 0.1) is 0 Å². The minimum Gasteiger partial charge on any atom is -0.454 e. The van der Waals surface area contributed by atoms with Gasteiger partial charge in [0.15, 0.2) is 11.5 Å². The lowest BCUT2D eigenvalue weighted by Crippen LogP contribution is -2.03. The molecule has 6 nitrogen and oxygen atoms in total. The van der Waals surface area contributed by atoms with Crippen LogP contribution in [0.1, 0.15) is 16.8 Å². The highest BCUT2D eigenvalue weighted by atomic mass is 16.7. The van der Waals surface area contributed by atoms with E-state index in [1.54, 1.807) is 0 Å². The van der Waals surface area contributed by atoms with Crippen LogP contribution in [-0.4, -0.2) is 16.8 Å². The molecule has 132 valence electrons. The van der Waals surface area contributed by atoms with Gasteiger partial charge in [-0.3, -0.25) is 0 Å². The smallest absolute Gasteiger partial charge is 0.231 e. The molecule has 0 spiro atoms. The molecule has 26 heavy (non-hydrogen) atoms. The number of hydrogen-bond acceptors (Lipinski definition) is 6. The second kappa shape index (κ2) is 6.55. The molecule has 2 heterocycles. The van der Waals surface area contributed by atoms with Crippen LogP contribution in [0, 0.1) is 20.8 Å². The van der Waals surface area contributed by atoms with Crippen molar-refractivity contribution in [3.63, 3.8) is 0 Å². The van der Waals surface area contributed by atoms with Crippen molar-refractivity contribution < 1.29 is 9.47 Å². The summed E-state index contributed by atoms with van der Waals surface area (Å²) in [7, 11) is 0. The number of anilines is 4. The quantitative estimate of drug-likeness (QED) is 0.717. The van der Waals surface area contributed by atoms with Gasteiger partial charge in [-0.2, -0.15) is 4.98 Å². The molecule has 0 aliphatic carbocycles. The highest BCUT2D eigenvalue weighted by Gasteiger charge is 2.13. The molecule has 1 aliphatic heterocycles. The maximum absolute atomic E-state index is 5.42. The van der Waals surface area contributed by atoms with Gasteiger partial charge in [0, 0.05) is 29.2 Å². The summed E-state index contributed by atoms with van der Waals surface area (Å²) in [6, 6.07) is 13.9. The second-order valence-electron chi connectivity index (χ2n) is 6.35. The van der Waals surface area contributed by atoms with Gasteiger partial charge < -0.3 is 20.1 Å². The molecule has 4 rings (SSSR count). The Hall–Kier alpha value is -3.28. The first kappa shape index (κ1) is 16.2. The molecule has 0 fully saturated rings. The molecule has 0 saturated carbocycles. The van der Waals surface area contributed by atoms with Gasteiger partial charge >= 0.3 is 0 Å². The zero-order chi connectivity index (χ0) is 18.1. The van der Waals surface area contributed by atoms with E-state index in [1.807, 2.05) is 37.3 Å². The van der Waals surface area contributed by atoms with Gasteiger partial charge in [-0.05, 0) is 44.5 Å². The summed E-state index contributed by atoms with van der Waals surface area (Å²) >= 11 is 0. The third-order valence-electron chi connectivity index (χ3n) is 4.13. The Morgan fingerprint density at radius 2 is 1.69 bits per heavy atom. The predicted octanol–water partition coefficient (Wildman–Crippen LogP) is 4.62. The average molecular weight is 348 g/mol. The molecule has 2 aromatic carbocycles. The van der Waals surface area contributed by atoms with Crippen molar-refractivity contribution in [3.8, 4) is 11.5 Å². The standard InChI is InChI=1S/C20H20N4O2/c1-12-4-6-16(13(2)8-12)23-20-21-14(3)9-19(24-20)22-15-5-7-17-18(10-15)26-11-25-17/h4-10H,11H2,1-3H3,(H2,21,22,23,24). The molecule has 1 aliphatic rings. The van der Waals surface area contributed by atoms with Crippen LogP contribution in [0.5, 0.6) is 11.5 Å². The Labute approximate surface area is 152 Å². The van der Waals surface area contributed by atoms with Crippen molar-refractivity contribution in [3.05, 3.63) is 59.3 Å². The topological polar surface area (TPSA) is 68.3 Å². The molecule has 0 unspecified atom stereocenters. The average Bonchev–Trinajstić information content (AvgIpc) is 3.05. The summed E-state index contributed by atoms with van der Waals surface area (Å²) in [5, 5.41) is 6.60. The van der Waals surface area contributed by atoms with Crippen LogP contribution in [0.15, 0.2) is 42.5 Å². The van der Waals surface area contributed by atoms with E-state index in [9.17, 15) is 0 Å². The fraction of sp³-hybridized carbons (Fsp3) is 0.200. The van der Waals surface area contributed by atoms with Crippen molar-refractivity contribution in [2.24, 2.45) is 0 Å². The minimum atomic E-state index is 0.259. The number of nitrogens with zero attached hydrogens (tertiary/aromatic N) is 2. The van der Waals surface area contributed by atoms with Gasteiger partial charge in [-0.1, -0.05) is 17.7 Å². The number of ether oxygens (including phenoxy) is 2. The van der Waals surface area contributed by atoms with E-state index in [1.165, 1.54) is 5.56 Å². The Morgan fingerprint density at radius 3 is 2.54 bits per heavy atom. The van der Waals surface area contributed by atoms with Crippen LogP contribution < -0.4 is 20.1 Å². The van der Waals surface area contributed by atoms with Crippen molar-refractivity contribution in [2.45, 2.75) is 20.8 Å². The Morgan fingerprint density at radius 1 is 0.846 bits per heavy atom. The number of fused-ring (bicyclic) bond motifs is 1. The molecule has 0 bridgehead atoms. The van der Waals surface area contributed by atoms with E-state index in [2.05, 4.69) is 46.6 Å². The van der Waals surface area contributed by atoms with E-state index in [4.69, 9.17) is 9.47 Å². The third-order valence-corrected chi connectivity index (χ3v) is 4.13. The van der Waals surface area contributed by atoms with Crippen LogP contribution in [0.4, 0.5) is 23.1 Å². The summed E-state index contributed by atoms with van der Waals surface area (Å²) in [5.74, 6) is 2.75. The largest absolute Gasteiger partial charge is 0.454 e. The molecule has 3 aromatic rings. The molecule has 0 radical (unpaired) electrons. The minimum absolute atomic E-state index is 0.259. The van der Waals surface area contributed by atoms with Gasteiger partial charge in [0.2, 0.25) is 12.7 Å². The lowest BCUT2D eigenvalue weighted by Gasteiger charge is -2.12. The Kier molecular flexibility index (Phi) is 4.08. The molecule has 1 aromatic heterocycles. The summed E-state index contributed by atoms with van der Waals surface area (Å²) < 4.78 is 10.8. The van der Waals surface area contributed by atoms with E-state index in [0.29, 0.717) is 11.8 Å². The highest BCUT2D eigenvalue weighted by Crippen LogP contribution is 2.35. The summed E-state index contributed by atoms with van der Waals surface area (Å²) in [4.78, 5) is 9.06. The number of benzene rings is 2. The van der Waals surface area contributed by atoms with Gasteiger partial charge in [0.1, 0.15) is 5.82 Å². The molecular weight excluding hydrogens is 328 g/mol. The zero-order valence-electron chi connectivity index (χ0n) is 15.0. The Bertz CT molecular complexity index is 972. The van der Waals surface area contributed by atoms with Crippen LogP contribution in [0.3, 0.4) is 0 Å². The SMILES string of the molecule is Cc1ccc(Nc2nc(C)cc(Nc3ccc4c(c3)OCO4)n2)c(C)c1. The Balaban J connectivity index is 1.58. The first-order chi connectivity index (χ1) is 12.6. The van der Waals surface area contributed by atoms with Gasteiger partial charge in [0.25, 0.3) is 0 Å². The molecular formula is C20H20N4O2. The molecule has 6 heteroatoms. The normalized spacial score (nSPS) is 12.1. The third kappa shape index (κ3) is 3.39. The second-order valence-corrected chi connectivity index (χ2v) is 6.35. The first-order valence-corrected chi connectivity index (χ1v) is 8.43. The van der Waals surface area contributed by atoms with Gasteiger partial charge in [-0.25, -0.2) is 4.98 Å². The van der Waals surface area contributed by atoms with Crippen molar-refractivity contribution in [1.29, 1.82) is 0 Å². The molecule has 0 saturated heterocycles. The molecule has 0 atom stereocenters. The van der Waals surface area contributed by atoms with Crippen LogP contribution >= 0.6 is 0 Å². The summed E-state index contributed by atoms with van der Waals surface area (Å²) in [6.45, 7) is 6.35. The zero-order valence-corrected chi connectivity index (χ0v) is 15.0. The van der Waals surface area contributed by atoms with E-state index >= 15 is 0 Å². The first-order valence-electron chi connectivity index (χ1n) is 8.43. The lowest BCUT2D eigenvalue weighted by molar-refractivity contribution is 0.174. The van der Waals surface area contributed by atoms with E-state index < -0.39 is 0 Å². The predicted molar refractivity (Wildman–Crippen MR) is 102 cm³/mol. The lowest BCUT2D eigenvalue weighted by atomic mass is 10.1. The van der Waals surface area contributed by atoms with Crippen LogP contribution in [0.2, 0.25) is 0 Å². The van der Waals surface area contributed by atoms with Crippen molar-refractivity contribution >= 4 is 23.1 Å². The van der Waals surface area contributed by atoms with Crippen LogP contribution in [-0.2, 0) is 0 Å². The number of rotatable bonds is 4. The number of nitrogens with one attached hydrogen (secondary N) is 2. The van der Waals surface area contributed by atoms with Gasteiger partial charge in [-0.15, -0.1) is 0 Å². The maximum atomic E-state index is 5.42. The fourth-order valence-corrected chi connectivity index (χ4v) is 2.88. The van der Waals surface area contributed by atoms with Crippen LogP contribution in [0.25, 0.3) is 0 Å². The number of aryl methyl sites for hydroxylation is 3. The molecule has 0 amide bonds. The van der Waals surface area contributed by atoms with E-state index in [0.717, 1.165) is 34.1 Å². The maximum Gasteiger partial charge on any atom is 0.231 e. The monoisotopic (exact) mass is 348 g/mol. The highest BCUT2D eigenvalue weighted by molar-refractivity contribution is 5.64. The number of hydrogen-bond donors (Lipinski definition) is 2. The van der Waals surface area contributed by atoms with Crippen molar-refractivity contribution in [2.75, 3.05) is 17.4 Å². The number of aromatic nitrogens is 2. The summed E-state index contributed by atoms with van der Waals surface area (Å²) in [5.41, 5.74) is 5.12. The van der Waals surface area contributed by atoms with E-state index in [-0.39, 0.29) is 6.79 Å².